The van der Waals surface area contributed by atoms with Gasteiger partial charge in [0.2, 0.25) is 10.0 Å². The minimum Gasteiger partial charge on any atom is -0.468 e. The van der Waals surface area contributed by atoms with Gasteiger partial charge in [0, 0.05) is 19.6 Å². The first kappa shape index (κ1) is 17.2. The van der Waals surface area contributed by atoms with Gasteiger partial charge >= 0.3 is 0 Å². The van der Waals surface area contributed by atoms with Gasteiger partial charge in [0.05, 0.1) is 25.5 Å². The van der Waals surface area contributed by atoms with Gasteiger partial charge < -0.3 is 13.7 Å². The summed E-state index contributed by atoms with van der Waals surface area (Å²) in [6.07, 6.45) is 1.59. The maximum absolute atomic E-state index is 12.6. The Hall–Kier alpha value is -1.68. The molecule has 132 valence electrons. The number of nitrogens with zero attached hydrogens (tertiary/aromatic N) is 2. The van der Waals surface area contributed by atoms with Crippen molar-refractivity contribution >= 4 is 10.0 Å². The standard InChI is InChI=1S/C15H21N3O5S/c1-11-15(12(2)23-17-11)24(19,20)16-10-13(14-4-3-7-22-14)18-5-8-21-9-6-18/h3-4,7,13,16H,5-6,8-10H2,1-2H3/t13-/m1/s1. The molecule has 0 saturated carbocycles. The third-order valence-corrected chi connectivity index (χ3v) is 5.73. The number of morpholine rings is 1. The molecule has 1 saturated heterocycles. The van der Waals surface area contributed by atoms with E-state index in [1.165, 1.54) is 0 Å². The number of nitrogens with one attached hydrogen (secondary N) is 1. The second-order valence-electron chi connectivity index (χ2n) is 5.68. The fourth-order valence-electron chi connectivity index (χ4n) is 2.90. The lowest BCUT2D eigenvalue weighted by Gasteiger charge is -2.33. The van der Waals surface area contributed by atoms with Gasteiger partial charge in [0.25, 0.3) is 0 Å². The van der Waals surface area contributed by atoms with E-state index in [2.05, 4.69) is 14.8 Å². The Kier molecular flexibility index (Phi) is 5.04. The summed E-state index contributed by atoms with van der Waals surface area (Å²) < 4.78 is 43.7. The number of sulfonamides is 1. The maximum atomic E-state index is 12.6. The number of rotatable bonds is 6. The van der Waals surface area contributed by atoms with Gasteiger partial charge in [-0.25, -0.2) is 13.1 Å². The van der Waals surface area contributed by atoms with E-state index in [-0.39, 0.29) is 23.2 Å². The van der Waals surface area contributed by atoms with Gasteiger partial charge in [-0.1, -0.05) is 5.16 Å². The molecular weight excluding hydrogens is 334 g/mol. The molecule has 1 aliphatic heterocycles. The van der Waals surface area contributed by atoms with Crippen molar-refractivity contribution in [1.82, 2.24) is 14.8 Å². The summed E-state index contributed by atoms with van der Waals surface area (Å²) in [5.74, 6) is 0.999. The SMILES string of the molecule is Cc1noc(C)c1S(=O)(=O)NC[C@H](c1ccco1)N1CCOCC1. The molecule has 0 radical (unpaired) electrons. The second kappa shape index (κ2) is 7.06. The van der Waals surface area contributed by atoms with Crippen LogP contribution in [0.15, 0.2) is 32.2 Å². The lowest BCUT2D eigenvalue weighted by molar-refractivity contribution is 0.0128. The van der Waals surface area contributed by atoms with E-state index in [0.717, 1.165) is 18.8 Å². The van der Waals surface area contributed by atoms with Crippen molar-refractivity contribution < 1.29 is 22.1 Å². The van der Waals surface area contributed by atoms with Gasteiger partial charge in [-0.3, -0.25) is 4.90 Å². The quantitative estimate of drug-likeness (QED) is 0.832. The molecule has 2 aromatic heterocycles. The largest absolute Gasteiger partial charge is 0.468 e. The van der Waals surface area contributed by atoms with Crippen molar-refractivity contribution in [3.05, 3.63) is 35.6 Å². The zero-order valence-electron chi connectivity index (χ0n) is 13.7. The molecule has 1 fully saturated rings. The number of aromatic nitrogens is 1. The van der Waals surface area contributed by atoms with Crippen LogP contribution in [0.4, 0.5) is 0 Å². The summed E-state index contributed by atoms with van der Waals surface area (Å²) in [5.41, 5.74) is 0.348. The second-order valence-corrected chi connectivity index (χ2v) is 7.39. The first-order chi connectivity index (χ1) is 11.5. The first-order valence-electron chi connectivity index (χ1n) is 7.77. The molecule has 8 nitrogen and oxygen atoms in total. The topological polar surface area (TPSA) is 97.8 Å². The highest BCUT2D eigenvalue weighted by Crippen LogP contribution is 2.24. The molecule has 2 aromatic rings. The summed E-state index contributed by atoms with van der Waals surface area (Å²) in [6.45, 7) is 6.07. The smallest absolute Gasteiger partial charge is 0.246 e. The van der Waals surface area contributed by atoms with Gasteiger partial charge in [0.1, 0.15) is 16.3 Å². The molecule has 0 bridgehead atoms. The van der Waals surface area contributed by atoms with E-state index in [9.17, 15) is 8.42 Å². The lowest BCUT2D eigenvalue weighted by Crippen LogP contribution is -2.43. The monoisotopic (exact) mass is 355 g/mol. The summed E-state index contributed by atoms with van der Waals surface area (Å²) in [5, 5.41) is 3.71. The molecular formula is C15H21N3O5S. The normalized spacial score (nSPS) is 17.9. The van der Waals surface area contributed by atoms with Crippen LogP contribution in [-0.2, 0) is 14.8 Å². The molecule has 0 amide bonds. The Morgan fingerprint density at radius 3 is 2.67 bits per heavy atom. The molecule has 0 aliphatic carbocycles. The summed E-state index contributed by atoms with van der Waals surface area (Å²) >= 11 is 0. The summed E-state index contributed by atoms with van der Waals surface area (Å²) in [6, 6.07) is 3.45. The van der Waals surface area contributed by atoms with Gasteiger partial charge in [-0.05, 0) is 26.0 Å². The van der Waals surface area contributed by atoms with Crippen molar-refractivity contribution in [3.63, 3.8) is 0 Å². The van der Waals surface area contributed by atoms with Crippen molar-refractivity contribution in [3.8, 4) is 0 Å². The average Bonchev–Trinajstić information content (AvgIpc) is 3.19. The molecule has 0 spiro atoms. The van der Waals surface area contributed by atoms with Crippen LogP contribution in [0.2, 0.25) is 0 Å². The molecule has 9 heteroatoms. The number of aryl methyl sites for hydroxylation is 2. The molecule has 0 unspecified atom stereocenters. The van der Waals surface area contributed by atoms with Crippen LogP contribution < -0.4 is 4.72 Å². The summed E-state index contributed by atoms with van der Waals surface area (Å²) in [4.78, 5) is 2.25. The maximum Gasteiger partial charge on any atom is 0.246 e. The van der Waals surface area contributed by atoms with E-state index < -0.39 is 10.0 Å². The van der Waals surface area contributed by atoms with Crippen LogP contribution in [0.25, 0.3) is 0 Å². The van der Waals surface area contributed by atoms with Crippen molar-refractivity contribution in [1.29, 1.82) is 0 Å². The highest BCUT2D eigenvalue weighted by Gasteiger charge is 2.29. The van der Waals surface area contributed by atoms with E-state index >= 15 is 0 Å². The molecule has 0 aromatic carbocycles. The van der Waals surface area contributed by atoms with E-state index in [4.69, 9.17) is 13.7 Å². The molecule has 3 heterocycles. The predicted octanol–water partition coefficient (Wildman–Crippen LogP) is 1.24. The zero-order chi connectivity index (χ0) is 17.2. The van der Waals surface area contributed by atoms with Crippen LogP contribution in [0, 0.1) is 13.8 Å². The van der Waals surface area contributed by atoms with Crippen LogP contribution >= 0.6 is 0 Å². The van der Waals surface area contributed by atoms with Crippen LogP contribution in [0.5, 0.6) is 0 Å². The van der Waals surface area contributed by atoms with Crippen LogP contribution in [0.1, 0.15) is 23.3 Å². The third kappa shape index (κ3) is 3.54. The fraction of sp³-hybridized carbons (Fsp3) is 0.533. The number of furan rings is 1. The van der Waals surface area contributed by atoms with E-state index in [1.807, 2.05) is 6.07 Å². The molecule has 24 heavy (non-hydrogen) atoms. The Labute approximate surface area is 140 Å². The van der Waals surface area contributed by atoms with Crippen molar-refractivity contribution in [2.24, 2.45) is 0 Å². The number of ether oxygens (including phenoxy) is 1. The number of hydrogen-bond donors (Lipinski definition) is 1. The highest BCUT2D eigenvalue weighted by molar-refractivity contribution is 7.89. The number of hydrogen-bond acceptors (Lipinski definition) is 7. The van der Waals surface area contributed by atoms with Gasteiger partial charge in [0.15, 0.2) is 5.76 Å². The first-order valence-corrected chi connectivity index (χ1v) is 9.25. The lowest BCUT2D eigenvalue weighted by atomic mass is 10.2. The minimum absolute atomic E-state index is 0.0997. The fourth-order valence-corrected chi connectivity index (χ4v) is 4.26. The Bertz CT molecular complexity index is 744. The minimum atomic E-state index is -3.71. The average molecular weight is 355 g/mol. The van der Waals surface area contributed by atoms with Crippen molar-refractivity contribution in [2.75, 3.05) is 32.8 Å². The third-order valence-electron chi connectivity index (χ3n) is 4.06. The highest BCUT2D eigenvalue weighted by atomic mass is 32.2. The molecule has 3 rings (SSSR count). The Balaban J connectivity index is 1.78. The van der Waals surface area contributed by atoms with Gasteiger partial charge in [-0.15, -0.1) is 0 Å². The van der Waals surface area contributed by atoms with Gasteiger partial charge in [-0.2, -0.15) is 0 Å². The Morgan fingerprint density at radius 1 is 1.33 bits per heavy atom. The Morgan fingerprint density at radius 2 is 2.08 bits per heavy atom. The zero-order valence-corrected chi connectivity index (χ0v) is 14.5. The molecule has 1 N–H and O–H groups in total. The van der Waals surface area contributed by atoms with E-state index in [1.54, 1.807) is 26.2 Å². The van der Waals surface area contributed by atoms with E-state index in [0.29, 0.717) is 18.9 Å². The van der Waals surface area contributed by atoms with Crippen molar-refractivity contribution in [2.45, 2.75) is 24.8 Å². The predicted molar refractivity (Wildman–Crippen MR) is 85.0 cm³/mol. The van der Waals surface area contributed by atoms with Crippen LogP contribution in [0.3, 0.4) is 0 Å². The molecule has 1 atom stereocenters. The molecule has 1 aliphatic rings. The van der Waals surface area contributed by atoms with Crippen LogP contribution in [-0.4, -0.2) is 51.3 Å². The summed E-state index contributed by atoms with van der Waals surface area (Å²) in [7, 11) is -3.71.